The van der Waals surface area contributed by atoms with Gasteiger partial charge in [0.05, 0.1) is 0 Å². The molecule has 0 fully saturated rings. The number of hydrogen-bond donors (Lipinski definition) is 2. The van der Waals surface area contributed by atoms with E-state index in [1.807, 2.05) is 31.2 Å². The fourth-order valence-electron chi connectivity index (χ4n) is 1.86. The van der Waals surface area contributed by atoms with Gasteiger partial charge in [0.25, 0.3) is 0 Å². The molecule has 116 valence electrons. The molecule has 0 radical (unpaired) electrons. The number of ether oxygens (including phenoxy) is 1. The number of aryl methyl sites for hydroxylation is 1. The van der Waals surface area contributed by atoms with E-state index < -0.39 is 23.7 Å². The lowest BCUT2D eigenvalue weighted by molar-refractivity contribution is -0.139. The fourth-order valence-corrected chi connectivity index (χ4v) is 1.86. The summed E-state index contributed by atoms with van der Waals surface area (Å²) < 4.78 is 5.09. The molecule has 2 N–H and O–H groups in total. The van der Waals surface area contributed by atoms with Gasteiger partial charge in [0, 0.05) is 6.42 Å². The number of amides is 1. The molecule has 21 heavy (non-hydrogen) atoms. The van der Waals surface area contributed by atoms with Crippen molar-refractivity contribution in [3.05, 3.63) is 35.4 Å². The fraction of sp³-hybridized carbons (Fsp3) is 0.500. The summed E-state index contributed by atoms with van der Waals surface area (Å²) >= 11 is 0. The molecule has 5 nitrogen and oxygen atoms in total. The van der Waals surface area contributed by atoms with Gasteiger partial charge in [0.15, 0.2) is 0 Å². The first-order valence-corrected chi connectivity index (χ1v) is 7.01. The third-order valence-electron chi connectivity index (χ3n) is 2.83. The maximum Gasteiger partial charge on any atom is 0.408 e. The number of carboxylic acids is 1. The van der Waals surface area contributed by atoms with Gasteiger partial charge < -0.3 is 15.2 Å². The molecule has 1 amide bonds. The molecular weight excluding hydrogens is 270 g/mol. The van der Waals surface area contributed by atoms with Crippen molar-refractivity contribution in [1.29, 1.82) is 0 Å². The number of rotatable bonds is 5. The monoisotopic (exact) mass is 293 g/mol. The normalized spacial score (nSPS) is 12.6. The first-order valence-electron chi connectivity index (χ1n) is 7.01. The molecule has 1 aromatic carbocycles. The van der Waals surface area contributed by atoms with Crippen molar-refractivity contribution >= 4 is 12.1 Å². The standard InChI is InChI=1S/C16H23NO4/c1-5-11-7-6-8-12(9-11)10-13(14(18)19)17-15(20)21-16(2,3)4/h6-9,13H,5,10H2,1-4H3,(H,17,20)(H,18,19)/t13-/m1/s1. The number of alkyl carbamates (subject to hydrolysis) is 1. The molecule has 0 heterocycles. The molecule has 0 saturated heterocycles. The zero-order chi connectivity index (χ0) is 16.0. The molecule has 1 rings (SSSR count). The number of nitrogens with one attached hydrogen (secondary N) is 1. The Morgan fingerprint density at radius 2 is 1.90 bits per heavy atom. The highest BCUT2D eigenvalue weighted by Gasteiger charge is 2.24. The van der Waals surface area contributed by atoms with Gasteiger partial charge >= 0.3 is 12.1 Å². The van der Waals surface area contributed by atoms with E-state index in [9.17, 15) is 14.7 Å². The van der Waals surface area contributed by atoms with E-state index in [0.29, 0.717) is 0 Å². The third kappa shape index (κ3) is 6.29. The molecule has 0 bridgehead atoms. The van der Waals surface area contributed by atoms with Gasteiger partial charge in [-0.3, -0.25) is 0 Å². The predicted molar refractivity (Wildman–Crippen MR) is 80.3 cm³/mol. The van der Waals surface area contributed by atoms with E-state index in [1.165, 1.54) is 0 Å². The largest absolute Gasteiger partial charge is 0.480 e. The van der Waals surface area contributed by atoms with E-state index in [-0.39, 0.29) is 6.42 Å². The second kappa shape index (κ2) is 7.11. The van der Waals surface area contributed by atoms with E-state index in [1.54, 1.807) is 20.8 Å². The van der Waals surface area contributed by atoms with Crippen LogP contribution in [0.1, 0.15) is 38.8 Å². The Balaban J connectivity index is 2.74. The Morgan fingerprint density at radius 3 is 2.43 bits per heavy atom. The summed E-state index contributed by atoms with van der Waals surface area (Å²) in [5.41, 5.74) is 1.35. The Kier molecular flexibility index (Phi) is 5.76. The maximum absolute atomic E-state index is 11.7. The molecule has 1 aromatic rings. The molecule has 0 spiro atoms. The van der Waals surface area contributed by atoms with Gasteiger partial charge in [0.1, 0.15) is 11.6 Å². The van der Waals surface area contributed by atoms with Gasteiger partial charge in [-0.25, -0.2) is 9.59 Å². The highest BCUT2D eigenvalue weighted by atomic mass is 16.6. The second-order valence-electron chi connectivity index (χ2n) is 5.91. The first-order chi connectivity index (χ1) is 9.71. The SMILES string of the molecule is CCc1cccc(C[C@@H](NC(=O)OC(C)(C)C)C(=O)O)c1. The van der Waals surface area contributed by atoms with Crippen LogP contribution in [0.2, 0.25) is 0 Å². The van der Waals surface area contributed by atoms with Crippen molar-refractivity contribution in [3.8, 4) is 0 Å². The first kappa shape index (κ1) is 17.0. The molecule has 1 atom stereocenters. The summed E-state index contributed by atoms with van der Waals surface area (Å²) in [6, 6.07) is 6.67. The average molecular weight is 293 g/mol. The van der Waals surface area contributed by atoms with E-state index in [2.05, 4.69) is 5.32 Å². The Hall–Kier alpha value is -2.04. The van der Waals surface area contributed by atoms with Crippen molar-refractivity contribution < 1.29 is 19.4 Å². The third-order valence-corrected chi connectivity index (χ3v) is 2.83. The second-order valence-corrected chi connectivity index (χ2v) is 5.91. The predicted octanol–water partition coefficient (Wildman–Crippen LogP) is 2.77. The number of carboxylic acid groups (broad SMARTS) is 1. The molecule has 0 unspecified atom stereocenters. The summed E-state index contributed by atoms with van der Waals surface area (Å²) in [4.78, 5) is 23.0. The Morgan fingerprint density at radius 1 is 1.29 bits per heavy atom. The number of aliphatic carboxylic acids is 1. The molecule has 0 aromatic heterocycles. The lowest BCUT2D eigenvalue weighted by Gasteiger charge is -2.22. The Labute approximate surface area is 125 Å². The van der Waals surface area contributed by atoms with Gasteiger partial charge in [-0.05, 0) is 38.3 Å². The Bertz CT molecular complexity index is 505. The van der Waals surface area contributed by atoms with Crippen LogP contribution in [0.15, 0.2) is 24.3 Å². The lowest BCUT2D eigenvalue weighted by atomic mass is 10.0. The van der Waals surface area contributed by atoms with E-state index >= 15 is 0 Å². The summed E-state index contributed by atoms with van der Waals surface area (Å²) in [6.45, 7) is 7.22. The van der Waals surface area contributed by atoms with Crippen LogP contribution in [0.5, 0.6) is 0 Å². The number of benzene rings is 1. The smallest absolute Gasteiger partial charge is 0.408 e. The highest BCUT2D eigenvalue weighted by molar-refractivity contribution is 5.80. The molecule has 5 heteroatoms. The van der Waals surface area contributed by atoms with Crippen LogP contribution in [-0.4, -0.2) is 28.8 Å². The van der Waals surface area contributed by atoms with Crippen molar-refractivity contribution in [2.24, 2.45) is 0 Å². The zero-order valence-corrected chi connectivity index (χ0v) is 13.0. The zero-order valence-electron chi connectivity index (χ0n) is 13.0. The van der Waals surface area contributed by atoms with Crippen LogP contribution in [-0.2, 0) is 22.4 Å². The molecule has 0 saturated carbocycles. The summed E-state index contributed by atoms with van der Waals surface area (Å²) in [7, 11) is 0. The van der Waals surface area contributed by atoms with Gasteiger partial charge in [-0.2, -0.15) is 0 Å². The van der Waals surface area contributed by atoms with E-state index in [0.717, 1.165) is 17.5 Å². The van der Waals surface area contributed by atoms with Crippen molar-refractivity contribution in [3.63, 3.8) is 0 Å². The molecule has 0 aliphatic rings. The van der Waals surface area contributed by atoms with Crippen molar-refractivity contribution in [2.45, 2.75) is 52.2 Å². The quantitative estimate of drug-likeness (QED) is 0.875. The van der Waals surface area contributed by atoms with Crippen LogP contribution in [0.25, 0.3) is 0 Å². The average Bonchev–Trinajstić information content (AvgIpc) is 2.36. The molecule has 0 aliphatic heterocycles. The molecular formula is C16H23NO4. The van der Waals surface area contributed by atoms with Crippen LogP contribution in [0, 0.1) is 0 Å². The minimum absolute atomic E-state index is 0.225. The van der Waals surface area contributed by atoms with Gasteiger partial charge in [-0.1, -0.05) is 31.2 Å². The summed E-state index contributed by atoms with van der Waals surface area (Å²) in [5.74, 6) is -1.08. The van der Waals surface area contributed by atoms with Crippen LogP contribution < -0.4 is 5.32 Å². The van der Waals surface area contributed by atoms with Crippen molar-refractivity contribution in [2.75, 3.05) is 0 Å². The van der Waals surface area contributed by atoms with E-state index in [4.69, 9.17) is 4.74 Å². The number of carbonyl (C=O) groups excluding carboxylic acids is 1. The number of hydrogen-bond acceptors (Lipinski definition) is 3. The molecule has 0 aliphatic carbocycles. The topological polar surface area (TPSA) is 75.6 Å². The van der Waals surface area contributed by atoms with Crippen molar-refractivity contribution in [1.82, 2.24) is 5.32 Å². The summed E-state index contributed by atoms with van der Waals surface area (Å²) in [5, 5.41) is 11.6. The van der Waals surface area contributed by atoms with Gasteiger partial charge in [0.2, 0.25) is 0 Å². The van der Waals surface area contributed by atoms with Crippen LogP contribution in [0.4, 0.5) is 4.79 Å². The maximum atomic E-state index is 11.7. The number of carbonyl (C=O) groups is 2. The minimum Gasteiger partial charge on any atom is -0.480 e. The minimum atomic E-state index is -1.08. The lowest BCUT2D eigenvalue weighted by Crippen LogP contribution is -2.44. The van der Waals surface area contributed by atoms with Gasteiger partial charge in [-0.15, -0.1) is 0 Å². The summed E-state index contributed by atoms with van der Waals surface area (Å²) in [6.07, 6.45) is 0.384. The highest BCUT2D eigenvalue weighted by Crippen LogP contribution is 2.10. The van der Waals surface area contributed by atoms with Crippen LogP contribution >= 0.6 is 0 Å². The van der Waals surface area contributed by atoms with Crippen LogP contribution in [0.3, 0.4) is 0 Å².